The van der Waals surface area contributed by atoms with Crippen LogP contribution >= 0.6 is 0 Å². The maximum absolute atomic E-state index is 5.37. The SMILES string of the molecule is CNCCc1c(OC)ccc(OC)c1OC. The number of benzene rings is 1. The third kappa shape index (κ3) is 2.58. The van der Waals surface area contributed by atoms with Gasteiger partial charge in [-0.2, -0.15) is 0 Å². The van der Waals surface area contributed by atoms with E-state index in [9.17, 15) is 0 Å². The van der Waals surface area contributed by atoms with Crippen LogP contribution in [0.4, 0.5) is 0 Å². The summed E-state index contributed by atoms with van der Waals surface area (Å²) < 4.78 is 16.0. The smallest absolute Gasteiger partial charge is 0.167 e. The molecule has 0 radical (unpaired) electrons. The molecule has 0 bridgehead atoms. The van der Waals surface area contributed by atoms with E-state index in [-0.39, 0.29) is 0 Å². The number of likely N-dealkylation sites (N-methyl/N-ethyl adjacent to an activating group) is 1. The van der Waals surface area contributed by atoms with Crippen molar-refractivity contribution in [1.82, 2.24) is 5.32 Å². The van der Waals surface area contributed by atoms with Gasteiger partial charge in [0.25, 0.3) is 0 Å². The summed E-state index contributed by atoms with van der Waals surface area (Å²) >= 11 is 0. The summed E-state index contributed by atoms with van der Waals surface area (Å²) in [6.45, 7) is 0.861. The highest BCUT2D eigenvalue weighted by Gasteiger charge is 2.14. The number of methoxy groups -OCH3 is 3. The fraction of sp³-hybridized carbons (Fsp3) is 0.500. The first-order valence-electron chi connectivity index (χ1n) is 5.20. The number of hydrogen-bond donors (Lipinski definition) is 1. The molecule has 1 N–H and O–H groups in total. The molecular formula is C12H19NO3. The van der Waals surface area contributed by atoms with E-state index in [0.29, 0.717) is 0 Å². The first kappa shape index (κ1) is 12.6. The molecule has 1 aromatic carbocycles. The summed E-state index contributed by atoms with van der Waals surface area (Å²) in [4.78, 5) is 0. The van der Waals surface area contributed by atoms with E-state index in [4.69, 9.17) is 14.2 Å². The lowest BCUT2D eigenvalue weighted by atomic mass is 10.1. The lowest BCUT2D eigenvalue weighted by Crippen LogP contribution is -2.12. The summed E-state index contributed by atoms with van der Waals surface area (Å²) in [5.41, 5.74) is 1.03. The molecular weight excluding hydrogens is 206 g/mol. The van der Waals surface area contributed by atoms with Crippen molar-refractivity contribution >= 4 is 0 Å². The van der Waals surface area contributed by atoms with Crippen molar-refractivity contribution in [3.8, 4) is 17.2 Å². The van der Waals surface area contributed by atoms with Crippen molar-refractivity contribution in [2.45, 2.75) is 6.42 Å². The highest BCUT2D eigenvalue weighted by atomic mass is 16.5. The Morgan fingerprint density at radius 2 is 1.62 bits per heavy atom. The largest absolute Gasteiger partial charge is 0.496 e. The summed E-state index contributed by atoms with van der Waals surface area (Å²) in [5, 5.41) is 3.10. The third-order valence-electron chi connectivity index (χ3n) is 2.45. The second kappa shape index (κ2) is 6.23. The summed E-state index contributed by atoms with van der Waals surface area (Å²) in [5.74, 6) is 2.31. The predicted octanol–water partition coefficient (Wildman–Crippen LogP) is 1.47. The van der Waals surface area contributed by atoms with Crippen LogP contribution in [0.25, 0.3) is 0 Å². The molecule has 0 saturated heterocycles. The molecule has 90 valence electrons. The fourth-order valence-corrected chi connectivity index (χ4v) is 1.65. The topological polar surface area (TPSA) is 39.7 Å². The molecule has 0 saturated carbocycles. The van der Waals surface area contributed by atoms with Gasteiger partial charge < -0.3 is 19.5 Å². The summed E-state index contributed by atoms with van der Waals surface area (Å²) in [6.07, 6.45) is 0.833. The molecule has 0 atom stereocenters. The van der Waals surface area contributed by atoms with Crippen LogP contribution in [0.1, 0.15) is 5.56 Å². The lowest BCUT2D eigenvalue weighted by Gasteiger charge is -2.15. The van der Waals surface area contributed by atoms with E-state index < -0.39 is 0 Å². The summed E-state index contributed by atoms with van der Waals surface area (Å²) in [7, 11) is 6.84. The van der Waals surface area contributed by atoms with Crippen LogP contribution in [0.15, 0.2) is 12.1 Å². The van der Waals surface area contributed by atoms with E-state index in [1.54, 1.807) is 21.3 Å². The molecule has 0 heterocycles. The van der Waals surface area contributed by atoms with Gasteiger partial charge in [-0.25, -0.2) is 0 Å². The zero-order valence-corrected chi connectivity index (χ0v) is 10.3. The van der Waals surface area contributed by atoms with Gasteiger partial charge in [0.1, 0.15) is 5.75 Å². The maximum atomic E-state index is 5.37. The second-order valence-corrected chi connectivity index (χ2v) is 3.34. The highest BCUT2D eigenvalue weighted by molar-refractivity contribution is 5.54. The van der Waals surface area contributed by atoms with Crippen LogP contribution in [0.5, 0.6) is 17.2 Å². The molecule has 4 heteroatoms. The van der Waals surface area contributed by atoms with Crippen LogP contribution < -0.4 is 19.5 Å². The minimum atomic E-state index is 0.731. The Bertz CT molecular complexity index is 339. The number of rotatable bonds is 6. The van der Waals surface area contributed by atoms with Gasteiger partial charge in [0.05, 0.1) is 21.3 Å². The molecule has 0 aliphatic heterocycles. The average molecular weight is 225 g/mol. The molecule has 0 amide bonds. The van der Waals surface area contributed by atoms with Gasteiger partial charge >= 0.3 is 0 Å². The molecule has 1 aromatic rings. The maximum Gasteiger partial charge on any atom is 0.167 e. The quantitative estimate of drug-likeness (QED) is 0.796. The molecule has 0 unspecified atom stereocenters. The van der Waals surface area contributed by atoms with Gasteiger partial charge in [-0.15, -0.1) is 0 Å². The van der Waals surface area contributed by atoms with E-state index in [2.05, 4.69) is 5.32 Å². The Hall–Kier alpha value is -1.42. The second-order valence-electron chi connectivity index (χ2n) is 3.34. The Kier molecular flexibility index (Phi) is 4.92. The summed E-state index contributed by atoms with van der Waals surface area (Å²) in [6, 6.07) is 3.74. The molecule has 4 nitrogen and oxygen atoms in total. The Balaban J connectivity index is 3.14. The Labute approximate surface area is 96.5 Å². The number of nitrogens with one attached hydrogen (secondary N) is 1. The van der Waals surface area contributed by atoms with E-state index >= 15 is 0 Å². The van der Waals surface area contributed by atoms with Crippen molar-refractivity contribution in [2.75, 3.05) is 34.9 Å². The monoisotopic (exact) mass is 225 g/mol. The van der Waals surface area contributed by atoms with Crippen molar-refractivity contribution < 1.29 is 14.2 Å². The van der Waals surface area contributed by atoms with Gasteiger partial charge in [-0.3, -0.25) is 0 Å². The van der Waals surface area contributed by atoms with E-state index in [0.717, 1.165) is 35.8 Å². The molecule has 0 spiro atoms. The van der Waals surface area contributed by atoms with Crippen molar-refractivity contribution in [3.05, 3.63) is 17.7 Å². The van der Waals surface area contributed by atoms with Crippen LogP contribution in [0.2, 0.25) is 0 Å². The van der Waals surface area contributed by atoms with Gasteiger partial charge in [-0.1, -0.05) is 0 Å². The van der Waals surface area contributed by atoms with Gasteiger partial charge in [0, 0.05) is 5.56 Å². The van der Waals surface area contributed by atoms with Crippen LogP contribution in [-0.2, 0) is 6.42 Å². The van der Waals surface area contributed by atoms with Crippen LogP contribution in [0, 0.1) is 0 Å². The van der Waals surface area contributed by atoms with Gasteiger partial charge in [0.15, 0.2) is 11.5 Å². The Morgan fingerprint density at radius 3 is 2.12 bits per heavy atom. The number of hydrogen-bond acceptors (Lipinski definition) is 4. The fourth-order valence-electron chi connectivity index (χ4n) is 1.65. The van der Waals surface area contributed by atoms with E-state index in [1.165, 1.54) is 0 Å². The normalized spacial score (nSPS) is 10.0. The van der Waals surface area contributed by atoms with Crippen molar-refractivity contribution in [1.29, 1.82) is 0 Å². The first-order chi connectivity index (χ1) is 7.78. The van der Waals surface area contributed by atoms with Crippen molar-refractivity contribution in [3.63, 3.8) is 0 Å². The van der Waals surface area contributed by atoms with Crippen LogP contribution in [-0.4, -0.2) is 34.9 Å². The molecule has 16 heavy (non-hydrogen) atoms. The highest BCUT2D eigenvalue weighted by Crippen LogP contribution is 2.37. The zero-order valence-electron chi connectivity index (χ0n) is 10.3. The molecule has 0 aliphatic rings. The molecule has 0 fully saturated rings. The molecule has 1 rings (SSSR count). The standard InChI is InChI=1S/C12H19NO3/c1-13-8-7-9-10(14-2)5-6-11(15-3)12(9)16-4/h5-6,13H,7-8H2,1-4H3. The van der Waals surface area contributed by atoms with E-state index in [1.807, 2.05) is 19.2 Å². The minimum absolute atomic E-state index is 0.731. The molecule has 0 aromatic heterocycles. The van der Waals surface area contributed by atoms with Gasteiger partial charge in [-0.05, 0) is 32.1 Å². The third-order valence-corrected chi connectivity index (χ3v) is 2.45. The number of ether oxygens (including phenoxy) is 3. The van der Waals surface area contributed by atoms with Gasteiger partial charge in [0.2, 0.25) is 0 Å². The lowest BCUT2D eigenvalue weighted by molar-refractivity contribution is 0.343. The first-order valence-corrected chi connectivity index (χ1v) is 5.20. The zero-order chi connectivity index (χ0) is 12.0. The average Bonchev–Trinajstić information content (AvgIpc) is 2.34. The predicted molar refractivity (Wildman–Crippen MR) is 63.7 cm³/mol. The Morgan fingerprint density at radius 1 is 1.00 bits per heavy atom. The van der Waals surface area contributed by atoms with Crippen molar-refractivity contribution in [2.24, 2.45) is 0 Å². The molecule has 0 aliphatic carbocycles. The minimum Gasteiger partial charge on any atom is -0.496 e. The van der Waals surface area contributed by atoms with Crippen LogP contribution in [0.3, 0.4) is 0 Å².